The molecule has 0 aliphatic rings. The number of ether oxygens (including phenoxy) is 2. The first-order valence-corrected chi connectivity index (χ1v) is 6.17. The molecule has 0 aliphatic heterocycles. The molecule has 15 heavy (non-hydrogen) atoms. The van der Waals surface area contributed by atoms with Crippen molar-refractivity contribution in [3.05, 3.63) is 36.1 Å². The molecule has 0 spiro atoms. The minimum absolute atomic E-state index is 0.758. The zero-order chi connectivity index (χ0) is 10.9. The van der Waals surface area contributed by atoms with Gasteiger partial charge in [-0.05, 0) is 30.0 Å². The maximum atomic E-state index is 5.30. The maximum Gasteiger partial charge on any atom is 0.118 e. The lowest BCUT2D eigenvalue weighted by molar-refractivity contribution is 0.275. The Morgan fingerprint density at radius 1 is 1.27 bits per heavy atom. The summed E-state index contributed by atoms with van der Waals surface area (Å²) in [7, 11) is 1.66. The van der Waals surface area contributed by atoms with Crippen molar-refractivity contribution in [3.63, 3.8) is 0 Å². The predicted octanol–water partition coefficient (Wildman–Crippen LogP) is 3.05. The molecule has 0 fully saturated rings. The molecular formula is C12H16O2S. The third kappa shape index (κ3) is 4.79. The van der Waals surface area contributed by atoms with Crippen LogP contribution in [0.2, 0.25) is 0 Å². The van der Waals surface area contributed by atoms with E-state index in [1.54, 1.807) is 25.1 Å². The largest absolute Gasteiger partial charge is 0.500 e. The second-order valence-corrected chi connectivity index (χ2v) is 3.93. The van der Waals surface area contributed by atoms with Gasteiger partial charge in [0, 0.05) is 5.75 Å². The van der Waals surface area contributed by atoms with Gasteiger partial charge in [0.25, 0.3) is 0 Å². The van der Waals surface area contributed by atoms with Gasteiger partial charge in [0.15, 0.2) is 0 Å². The highest BCUT2D eigenvalue weighted by Gasteiger charge is 1.89. The second-order valence-electron chi connectivity index (χ2n) is 2.94. The Morgan fingerprint density at radius 3 is 2.60 bits per heavy atom. The quantitative estimate of drug-likeness (QED) is 0.546. The summed E-state index contributed by atoms with van der Waals surface area (Å²) in [5.41, 5.74) is 1.11. The molecule has 0 aromatic heterocycles. The summed E-state index contributed by atoms with van der Waals surface area (Å²) >= 11 is 1.78. The standard InChI is InChI=1S/C12H16O2S/c1-13-12-5-3-11(4-6-12)7-8-14-9-10-15-2/h3-8H,9-10H2,1-2H3/b8-7+. The highest BCUT2D eigenvalue weighted by molar-refractivity contribution is 7.98. The van der Waals surface area contributed by atoms with Gasteiger partial charge >= 0.3 is 0 Å². The Bertz CT molecular complexity index is 293. The molecule has 3 heteroatoms. The van der Waals surface area contributed by atoms with E-state index in [-0.39, 0.29) is 0 Å². The van der Waals surface area contributed by atoms with E-state index in [0.717, 1.165) is 23.7 Å². The van der Waals surface area contributed by atoms with E-state index in [0.29, 0.717) is 0 Å². The summed E-state index contributed by atoms with van der Waals surface area (Å²) in [5.74, 6) is 1.89. The van der Waals surface area contributed by atoms with Crippen molar-refractivity contribution < 1.29 is 9.47 Å². The lowest BCUT2D eigenvalue weighted by atomic mass is 10.2. The van der Waals surface area contributed by atoms with Crippen LogP contribution in [-0.4, -0.2) is 25.7 Å². The third-order valence-corrected chi connectivity index (χ3v) is 2.45. The average Bonchev–Trinajstić information content (AvgIpc) is 2.30. The van der Waals surface area contributed by atoms with Crippen LogP contribution in [0.15, 0.2) is 30.5 Å². The molecule has 0 bridgehead atoms. The van der Waals surface area contributed by atoms with E-state index >= 15 is 0 Å². The molecule has 0 amide bonds. The maximum absolute atomic E-state index is 5.30. The summed E-state index contributed by atoms with van der Waals surface area (Å²) < 4.78 is 10.4. The first kappa shape index (κ1) is 12.0. The van der Waals surface area contributed by atoms with Gasteiger partial charge in [0.2, 0.25) is 0 Å². The third-order valence-electron chi connectivity index (χ3n) is 1.88. The van der Waals surface area contributed by atoms with Crippen LogP contribution in [0.5, 0.6) is 5.75 Å². The van der Waals surface area contributed by atoms with Crippen LogP contribution in [0.4, 0.5) is 0 Å². The fourth-order valence-corrected chi connectivity index (χ4v) is 1.30. The summed E-state index contributed by atoms with van der Waals surface area (Å²) in [4.78, 5) is 0. The van der Waals surface area contributed by atoms with Gasteiger partial charge in [-0.1, -0.05) is 12.1 Å². The van der Waals surface area contributed by atoms with Crippen LogP contribution in [0.25, 0.3) is 6.08 Å². The van der Waals surface area contributed by atoms with E-state index in [9.17, 15) is 0 Å². The number of thioether (sulfide) groups is 1. The zero-order valence-electron chi connectivity index (χ0n) is 9.10. The summed E-state index contributed by atoms with van der Waals surface area (Å²) in [6.45, 7) is 0.758. The molecule has 0 aliphatic carbocycles. The van der Waals surface area contributed by atoms with Gasteiger partial charge in [0.05, 0.1) is 20.0 Å². The molecule has 0 atom stereocenters. The van der Waals surface area contributed by atoms with Crippen LogP contribution >= 0.6 is 11.8 Å². The van der Waals surface area contributed by atoms with E-state index in [4.69, 9.17) is 9.47 Å². The van der Waals surface area contributed by atoms with Crippen LogP contribution < -0.4 is 4.74 Å². The van der Waals surface area contributed by atoms with Crippen molar-refractivity contribution in [1.82, 2.24) is 0 Å². The Kier molecular flexibility index (Phi) is 5.78. The highest BCUT2D eigenvalue weighted by Crippen LogP contribution is 2.12. The summed E-state index contributed by atoms with van der Waals surface area (Å²) in [6, 6.07) is 7.85. The Hall–Kier alpha value is -1.09. The van der Waals surface area contributed by atoms with Gasteiger partial charge in [0.1, 0.15) is 5.75 Å². The Labute approximate surface area is 95.3 Å². The van der Waals surface area contributed by atoms with E-state index in [2.05, 4.69) is 6.26 Å². The molecule has 1 aromatic rings. The Balaban J connectivity index is 2.36. The van der Waals surface area contributed by atoms with Gasteiger partial charge < -0.3 is 9.47 Å². The molecule has 1 aromatic carbocycles. The predicted molar refractivity (Wildman–Crippen MR) is 66.4 cm³/mol. The summed E-state index contributed by atoms with van der Waals surface area (Å²) in [5, 5.41) is 0. The van der Waals surface area contributed by atoms with E-state index < -0.39 is 0 Å². The van der Waals surface area contributed by atoms with Gasteiger partial charge in [-0.25, -0.2) is 0 Å². The molecule has 0 heterocycles. The number of hydrogen-bond acceptors (Lipinski definition) is 3. The van der Waals surface area contributed by atoms with Crippen LogP contribution in [0, 0.1) is 0 Å². The molecule has 2 nitrogen and oxygen atoms in total. The number of benzene rings is 1. The molecular weight excluding hydrogens is 208 g/mol. The molecule has 0 radical (unpaired) electrons. The van der Waals surface area contributed by atoms with Crippen molar-refractivity contribution >= 4 is 17.8 Å². The monoisotopic (exact) mass is 224 g/mol. The lowest BCUT2D eigenvalue weighted by Crippen LogP contribution is -1.89. The molecule has 1 rings (SSSR count). The molecule has 82 valence electrons. The highest BCUT2D eigenvalue weighted by atomic mass is 32.2. The fourth-order valence-electron chi connectivity index (χ4n) is 1.04. The van der Waals surface area contributed by atoms with Gasteiger partial charge in [-0.2, -0.15) is 11.8 Å². The van der Waals surface area contributed by atoms with Crippen LogP contribution in [-0.2, 0) is 4.74 Å². The topological polar surface area (TPSA) is 18.5 Å². The molecule has 0 saturated heterocycles. The minimum Gasteiger partial charge on any atom is -0.500 e. The van der Waals surface area contributed by atoms with Crippen molar-refractivity contribution in [2.75, 3.05) is 25.7 Å². The molecule has 0 saturated carbocycles. The summed E-state index contributed by atoms with van der Waals surface area (Å²) in [6.07, 6.45) is 5.74. The SMILES string of the molecule is COc1ccc(/C=C/OCCSC)cc1. The first-order chi connectivity index (χ1) is 7.36. The van der Waals surface area contributed by atoms with Crippen molar-refractivity contribution in [1.29, 1.82) is 0 Å². The van der Waals surface area contributed by atoms with Gasteiger partial charge in [-0.3, -0.25) is 0 Å². The van der Waals surface area contributed by atoms with Crippen LogP contribution in [0.3, 0.4) is 0 Å². The van der Waals surface area contributed by atoms with Crippen LogP contribution in [0.1, 0.15) is 5.56 Å². The average molecular weight is 224 g/mol. The lowest BCUT2D eigenvalue weighted by Gasteiger charge is -2.00. The second kappa shape index (κ2) is 7.23. The van der Waals surface area contributed by atoms with Crippen molar-refractivity contribution in [2.45, 2.75) is 0 Å². The number of methoxy groups -OCH3 is 1. The van der Waals surface area contributed by atoms with Crippen molar-refractivity contribution in [2.24, 2.45) is 0 Å². The smallest absolute Gasteiger partial charge is 0.118 e. The van der Waals surface area contributed by atoms with E-state index in [1.165, 1.54) is 0 Å². The first-order valence-electron chi connectivity index (χ1n) is 4.78. The zero-order valence-corrected chi connectivity index (χ0v) is 9.92. The minimum atomic E-state index is 0.758. The van der Waals surface area contributed by atoms with E-state index in [1.807, 2.05) is 30.3 Å². The van der Waals surface area contributed by atoms with Crippen molar-refractivity contribution in [3.8, 4) is 5.75 Å². The fraction of sp³-hybridized carbons (Fsp3) is 0.333. The Morgan fingerprint density at radius 2 is 2.00 bits per heavy atom. The molecule has 0 unspecified atom stereocenters. The number of hydrogen-bond donors (Lipinski definition) is 0. The normalized spacial score (nSPS) is 10.5. The van der Waals surface area contributed by atoms with Gasteiger partial charge in [-0.15, -0.1) is 0 Å². The molecule has 0 N–H and O–H groups in total. The number of rotatable bonds is 6.